The second-order valence-electron chi connectivity index (χ2n) is 7.52. The van der Waals surface area contributed by atoms with Crippen molar-refractivity contribution in [1.82, 2.24) is 9.88 Å². The van der Waals surface area contributed by atoms with Gasteiger partial charge in [-0.2, -0.15) is 0 Å². The minimum atomic E-state index is -0.0138. The minimum absolute atomic E-state index is 0.0138. The number of benzene rings is 2. The summed E-state index contributed by atoms with van der Waals surface area (Å²) in [7, 11) is 0. The lowest BCUT2D eigenvalue weighted by Crippen LogP contribution is -2.24. The lowest BCUT2D eigenvalue weighted by molar-refractivity contribution is 0.0952. The van der Waals surface area contributed by atoms with E-state index in [0.717, 1.165) is 35.5 Å². The summed E-state index contributed by atoms with van der Waals surface area (Å²) in [4.78, 5) is 12.9. The van der Waals surface area contributed by atoms with E-state index in [4.69, 9.17) is 11.6 Å². The Bertz CT molecular complexity index is 956. The highest BCUT2D eigenvalue weighted by atomic mass is 35.5. The zero-order valence-corrected chi connectivity index (χ0v) is 18.2. The molecule has 0 bridgehead atoms. The van der Waals surface area contributed by atoms with Gasteiger partial charge in [-0.3, -0.25) is 4.79 Å². The third-order valence-electron chi connectivity index (χ3n) is 5.24. The summed E-state index contributed by atoms with van der Waals surface area (Å²) >= 11 is 6.08. The highest BCUT2D eigenvalue weighted by Gasteiger charge is 2.19. The van der Waals surface area contributed by atoms with Crippen molar-refractivity contribution >= 4 is 17.5 Å². The average Bonchev–Trinajstić information content (AvgIpc) is 3.06. The van der Waals surface area contributed by atoms with Gasteiger partial charge in [-0.15, -0.1) is 0 Å². The maximum atomic E-state index is 12.9. The van der Waals surface area contributed by atoms with Crippen LogP contribution in [-0.4, -0.2) is 17.0 Å². The van der Waals surface area contributed by atoms with Crippen molar-refractivity contribution < 1.29 is 4.79 Å². The molecule has 3 rings (SSSR count). The molecule has 1 heterocycles. The van der Waals surface area contributed by atoms with Gasteiger partial charge in [-0.05, 0) is 56.2 Å². The molecule has 0 unspecified atom stereocenters. The molecule has 1 amide bonds. The monoisotopic (exact) mass is 408 g/mol. The number of carbonyl (C=O) groups is 1. The molecule has 2 aromatic carbocycles. The Labute approximate surface area is 178 Å². The Morgan fingerprint density at radius 3 is 2.31 bits per heavy atom. The van der Waals surface area contributed by atoms with Gasteiger partial charge < -0.3 is 9.88 Å². The number of amides is 1. The molecular formula is C25H29ClN2O. The Morgan fingerprint density at radius 2 is 1.66 bits per heavy atom. The van der Waals surface area contributed by atoms with Crippen LogP contribution in [0.1, 0.15) is 54.2 Å². The molecule has 29 heavy (non-hydrogen) atoms. The number of halogens is 1. The molecular weight excluding hydrogens is 380 g/mol. The number of aromatic nitrogens is 1. The van der Waals surface area contributed by atoms with Gasteiger partial charge in [0, 0.05) is 22.9 Å². The maximum Gasteiger partial charge on any atom is 0.253 e. The van der Waals surface area contributed by atoms with Crippen LogP contribution >= 0.6 is 11.6 Å². The van der Waals surface area contributed by atoms with E-state index in [1.807, 2.05) is 37.3 Å². The first-order chi connectivity index (χ1) is 14.0. The second-order valence-corrected chi connectivity index (χ2v) is 7.96. The van der Waals surface area contributed by atoms with E-state index in [-0.39, 0.29) is 5.91 Å². The van der Waals surface area contributed by atoms with Gasteiger partial charge in [0.1, 0.15) is 0 Å². The normalized spacial score (nSPS) is 10.9. The van der Waals surface area contributed by atoms with Crippen LogP contribution in [0.4, 0.5) is 0 Å². The summed E-state index contributed by atoms with van der Waals surface area (Å²) in [5, 5.41) is 3.79. The molecule has 0 aliphatic heterocycles. The first-order valence-electron chi connectivity index (χ1n) is 10.3. The van der Waals surface area contributed by atoms with Crippen molar-refractivity contribution in [1.29, 1.82) is 0 Å². The molecule has 0 aliphatic rings. The number of nitrogens with one attached hydrogen (secondary N) is 1. The van der Waals surface area contributed by atoms with E-state index >= 15 is 0 Å². The van der Waals surface area contributed by atoms with Crippen molar-refractivity contribution in [3.63, 3.8) is 0 Å². The van der Waals surface area contributed by atoms with Crippen LogP contribution in [0.5, 0.6) is 0 Å². The van der Waals surface area contributed by atoms with Crippen LogP contribution < -0.4 is 5.32 Å². The molecule has 0 atom stereocenters. The topological polar surface area (TPSA) is 34.0 Å². The molecule has 1 N–H and O–H groups in total. The molecule has 1 aromatic heterocycles. The van der Waals surface area contributed by atoms with E-state index in [0.29, 0.717) is 17.1 Å². The van der Waals surface area contributed by atoms with Gasteiger partial charge >= 0.3 is 0 Å². The Kier molecular flexibility index (Phi) is 7.16. The lowest BCUT2D eigenvalue weighted by Gasteiger charge is -2.13. The molecule has 4 heteroatoms. The number of aryl methyl sites for hydroxylation is 1. The van der Waals surface area contributed by atoms with Gasteiger partial charge in [-0.1, -0.05) is 67.6 Å². The SMILES string of the molecule is CCCCCCNC(=O)c1cc(-c2ccc(Cl)cc2)n(-c2ccc(C)cc2)c1C. The molecule has 3 aromatic rings. The molecule has 0 radical (unpaired) electrons. The van der Waals surface area contributed by atoms with E-state index in [2.05, 4.69) is 48.0 Å². The zero-order valence-electron chi connectivity index (χ0n) is 17.5. The summed E-state index contributed by atoms with van der Waals surface area (Å²) in [6.07, 6.45) is 4.56. The summed E-state index contributed by atoms with van der Waals surface area (Å²) in [5.74, 6) is -0.0138. The van der Waals surface area contributed by atoms with Gasteiger partial charge in [0.05, 0.1) is 11.3 Å². The van der Waals surface area contributed by atoms with Crippen LogP contribution in [-0.2, 0) is 0 Å². The van der Waals surface area contributed by atoms with E-state index < -0.39 is 0 Å². The van der Waals surface area contributed by atoms with Crippen molar-refractivity contribution in [2.45, 2.75) is 46.5 Å². The Balaban J connectivity index is 1.96. The Hall–Kier alpha value is -2.52. The summed E-state index contributed by atoms with van der Waals surface area (Å²) in [5.41, 5.74) is 5.91. The average molecular weight is 409 g/mol. The smallest absolute Gasteiger partial charge is 0.253 e. The zero-order chi connectivity index (χ0) is 20.8. The number of rotatable bonds is 8. The van der Waals surface area contributed by atoms with Crippen LogP contribution in [0.3, 0.4) is 0 Å². The summed E-state index contributed by atoms with van der Waals surface area (Å²) in [6, 6.07) is 18.1. The quantitative estimate of drug-likeness (QED) is 0.412. The van der Waals surface area contributed by atoms with Gasteiger partial charge in [0.2, 0.25) is 0 Å². The fourth-order valence-corrected chi connectivity index (χ4v) is 3.67. The maximum absolute atomic E-state index is 12.9. The van der Waals surface area contributed by atoms with Gasteiger partial charge in [0.15, 0.2) is 0 Å². The molecule has 0 saturated heterocycles. The molecule has 3 nitrogen and oxygen atoms in total. The summed E-state index contributed by atoms with van der Waals surface area (Å²) < 4.78 is 2.15. The first kappa shape index (κ1) is 21.2. The van der Waals surface area contributed by atoms with Crippen molar-refractivity contribution in [2.24, 2.45) is 0 Å². The number of carbonyl (C=O) groups excluding carboxylic acids is 1. The van der Waals surface area contributed by atoms with E-state index in [1.165, 1.54) is 18.4 Å². The van der Waals surface area contributed by atoms with Crippen molar-refractivity contribution in [3.8, 4) is 16.9 Å². The largest absolute Gasteiger partial charge is 0.352 e. The molecule has 0 spiro atoms. The highest BCUT2D eigenvalue weighted by Crippen LogP contribution is 2.30. The third-order valence-corrected chi connectivity index (χ3v) is 5.49. The van der Waals surface area contributed by atoms with Gasteiger partial charge in [-0.25, -0.2) is 0 Å². The van der Waals surface area contributed by atoms with Crippen molar-refractivity contribution in [3.05, 3.63) is 76.4 Å². The predicted octanol–water partition coefficient (Wildman–Crippen LogP) is 6.72. The highest BCUT2D eigenvalue weighted by molar-refractivity contribution is 6.30. The predicted molar refractivity (Wildman–Crippen MR) is 122 cm³/mol. The molecule has 0 fully saturated rings. The minimum Gasteiger partial charge on any atom is -0.352 e. The number of hydrogen-bond donors (Lipinski definition) is 1. The van der Waals surface area contributed by atoms with E-state index in [9.17, 15) is 4.79 Å². The van der Waals surface area contributed by atoms with Crippen LogP contribution in [0.15, 0.2) is 54.6 Å². The Morgan fingerprint density at radius 1 is 0.966 bits per heavy atom. The molecule has 152 valence electrons. The second kappa shape index (κ2) is 9.80. The molecule has 0 saturated carbocycles. The lowest BCUT2D eigenvalue weighted by atomic mass is 10.1. The number of nitrogens with zero attached hydrogens (tertiary/aromatic N) is 1. The third kappa shape index (κ3) is 5.10. The first-order valence-corrected chi connectivity index (χ1v) is 10.7. The number of hydrogen-bond acceptors (Lipinski definition) is 1. The number of unbranched alkanes of at least 4 members (excludes halogenated alkanes) is 3. The van der Waals surface area contributed by atoms with Crippen LogP contribution in [0.2, 0.25) is 5.02 Å². The van der Waals surface area contributed by atoms with Crippen LogP contribution in [0.25, 0.3) is 16.9 Å². The standard InChI is InChI=1S/C25H29ClN2O/c1-4-5-6-7-16-27-25(29)23-17-24(20-10-12-21(26)13-11-20)28(19(23)3)22-14-8-18(2)9-15-22/h8-15,17H,4-7,16H2,1-3H3,(H,27,29). The van der Waals surface area contributed by atoms with Crippen LogP contribution in [0, 0.1) is 13.8 Å². The van der Waals surface area contributed by atoms with E-state index in [1.54, 1.807) is 0 Å². The fraction of sp³-hybridized carbons (Fsp3) is 0.320. The van der Waals surface area contributed by atoms with Crippen molar-refractivity contribution in [2.75, 3.05) is 6.54 Å². The fourth-order valence-electron chi connectivity index (χ4n) is 3.55. The summed E-state index contributed by atoms with van der Waals surface area (Å²) in [6.45, 7) is 6.98. The van der Waals surface area contributed by atoms with Gasteiger partial charge in [0.25, 0.3) is 5.91 Å². The molecule has 0 aliphatic carbocycles.